The number of nitrogens with one attached hydrogen (secondary N) is 1. The normalized spacial score (nSPS) is 17.9. The smallest absolute Gasteiger partial charge is 0.266 e. The minimum Gasteiger partial charge on any atom is -0.508 e. The Balaban J connectivity index is 1.93. The molecule has 0 spiro atoms. The molecule has 4 N–H and O–H groups in total. The van der Waals surface area contributed by atoms with Crippen LogP contribution in [0.5, 0.6) is 17.2 Å². The Kier molecular flexibility index (Phi) is 5.14. The fourth-order valence-electron chi connectivity index (χ4n) is 2.96. The van der Waals surface area contributed by atoms with Crippen molar-refractivity contribution >= 4 is 21.8 Å². The minimum atomic E-state index is -4.31. The van der Waals surface area contributed by atoms with Gasteiger partial charge in [-0.3, -0.25) is 9.59 Å². The third kappa shape index (κ3) is 4.01. The van der Waals surface area contributed by atoms with E-state index in [1.54, 1.807) is 0 Å². The fraction of sp³-hybridized carbons (Fsp3) is 0.222. The van der Waals surface area contributed by atoms with Crippen LogP contribution in [0.15, 0.2) is 47.4 Å². The second kappa shape index (κ2) is 7.39. The first-order valence-corrected chi connectivity index (χ1v) is 9.75. The highest BCUT2D eigenvalue weighted by atomic mass is 32.2. The van der Waals surface area contributed by atoms with Gasteiger partial charge in [0.25, 0.3) is 10.0 Å². The summed E-state index contributed by atoms with van der Waals surface area (Å²) < 4.78 is 26.3. The van der Waals surface area contributed by atoms with Crippen molar-refractivity contribution < 1.29 is 33.3 Å². The Labute approximate surface area is 160 Å². The van der Waals surface area contributed by atoms with Crippen LogP contribution in [0.3, 0.4) is 0 Å². The van der Waals surface area contributed by atoms with E-state index in [0.29, 0.717) is 9.87 Å². The van der Waals surface area contributed by atoms with E-state index >= 15 is 0 Å². The largest absolute Gasteiger partial charge is 0.508 e. The number of hydrogen-bond donors (Lipinski definition) is 4. The second-order valence-corrected chi connectivity index (χ2v) is 8.27. The van der Waals surface area contributed by atoms with Crippen LogP contribution < -0.4 is 5.32 Å². The van der Waals surface area contributed by atoms with Gasteiger partial charge in [-0.2, -0.15) is 0 Å². The molecule has 9 nitrogen and oxygen atoms in total. The minimum absolute atomic E-state index is 0.00265. The monoisotopic (exact) mass is 406 g/mol. The number of phenols is 3. The maximum Gasteiger partial charge on any atom is 0.266 e. The van der Waals surface area contributed by atoms with Crippen molar-refractivity contribution in [2.75, 3.05) is 13.1 Å². The van der Waals surface area contributed by atoms with E-state index in [-0.39, 0.29) is 35.1 Å². The molecule has 0 radical (unpaired) electrons. The summed E-state index contributed by atoms with van der Waals surface area (Å²) in [7, 11) is -4.31. The number of carbonyl (C=O) groups excluding carboxylic acids is 2. The van der Waals surface area contributed by atoms with Gasteiger partial charge in [-0.05, 0) is 48.4 Å². The molecule has 2 aromatic carbocycles. The number of carbonyl (C=O) groups is 2. The zero-order valence-electron chi connectivity index (χ0n) is 14.6. The molecule has 1 heterocycles. The molecule has 2 amide bonds. The van der Waals surface area contributed by atoms with Crippen LogP contribution >= 0.6 is 0 Å². The van der Waals surface area contributed by atoms with Crippen molar-refractivity contribution in [3.05, 3.63) is 48.0 Å². The highest BCUT2D eigenvalue weighted by Crippen LogP contribution is 2.26. The lowest BCUT2D eigenvalue weighted by atomic mass is 9.98. The summed E-state index contributed by atoms with van der Waals surface area (Å²) in [5.41, 5.74) is 0.411. The first-order valence-electron chi connectivity index (χ1n) is 8.31. The number of sulfonamides is 1. The number of benzene rings is 2. The number of amides is 2. The van der Waals surface area contributed by atoms with E-state index in [0.717, 1.165) is 18.2 Å². The zero-order valence-corrected chi connectivity index (χ0v) is 15.4. The van der Waals surface area contributed by atoms with Gasteiger partial charge in [-0.15, -0.1) is 0 Å². The highest BCUT2D eigenvalue weighted by Gasteiger charge is 2.38. The molecular weight excluding hydrogens is 388 g/mol. The molecule has 2 aromatic rings. The maximum atomic E-state index is 12.9. The molecule has 28 heavy (non-hydrogen) atoms. The molecule has 3 rings (SSSR count). The molecule has 10 heteroatoms. The van der Waals surface area contributed by atoms with Crippen LogP contribution in [0.25, 0.3) is 0 Å². The molecule has 0 aliphatic carbocycles. The molecule has 1 atom stereocenters. The molecule has 1 fully saturated rings. The van der Waals surface area contributed by atoms with Crippen molar-refractivity contribution in [2.24, 2.45) is 5.92 Å². The topological polar surface area (TPSA) is 144 Å². The fourth-order valence-corrected chi connectivity index (χ4v) is 4.37. The Morgan fingerprint density at radius 2 is 1.57 bits per heavy atom. The van der Waals surface area contributed by atoms with E-state index in [1.165, 1.54) is 24.3 Å². The summed E-state index contributed by atoms with van der Waals surface area (Å²) >= 11 is 0. The van der Waals surface area contributed by atoms with E-state index < -0.39 is 34.3 Å². The standard InChI is InChI=1S/C18H18N2O7S/c21-13-1-3-16(4-2-13)28(26,27)20-10-17(24)19-9-12(18(20)25)5-11-6-14(22)8-15(23)7-11/h1-4,6-8,12,21-23H,5,9-10H2,(H,19,24). The Hall–Kier alpha value is -3.27. The quantitative estimate of drug-likeness (QED) is 0.572. The van der Waals surface area contributed by atoms with E-state index in [1.807, 2.05) is 0 Å². The van der Waals surface area contributed by atoms with E-state index in [9.17, 15) is 33.3 Å². The van der Waals surface area contributed by atoms with Gasteiger partial charge in [-0.25, -0.2) is 12.7 Å². The van der Waals surface area contributed by atoms with Crippen LogP contribution in [0, 0.1) is 5.92 Å². The second-order valence-electron chi connectivity index (χ2n) is 6.41. The van der Waals surface area contributed by atoms with Gasteiger partial charge in [-0.1, -0.05) is 0 Å². The lowest BCUT2D eigenvalue weighted by Gasteiger charge is -2.23. The Morgan fingerprint density at radius 1 is 0.964 bits per heavy atom. The van der Waals surface area contributed by atoms with Crippen molar-refractivity contribution in [2.45, 2.75) is 11.3 Å². The molecule has 0 aromatic heterocycles. The van der Waals surface area contributed by atoms with Gasteiger partial charge in [0.05, 0.1) is 10.8 Å². The van der Waals surface area contributed by atoms with E-state index in [4.69, 9.17) is 0 Å². The summed E-state index contributed by atoms with van der Waals surface area (Å²) in [6.07, 6.45) is 0.00265. The molecule has 1 unspecified atom stereocenters. The van der Waals surface area contributed by atoms with Crippen molar-refractivity contribution in [3.8, 4) is 17.2 Å². The molecule has 1 aliphatic heterocycles. The summed E-state index contributed by atoms with van der Waals surface area (Å²) in [5.74, 6) is -2.87. The number of phenolic OH excluding ortho intramolecular Hbond substituents is 3. The average molecular weight is 406 g/mol. The summed E-state index contributed by atoms with van der Waals surface area (Å²) in [6, 6.07) is 8.44. The lowest BCUT2D eigenvalue weighted by molar-refractivity contribution is -0.131. The average Bonchev–Trinajstić information content (AvgIpc) is 2.75. The van der Waals surface area contributed by atoms with Crippen LogP contribution in [0.2, 0.25) is 0 Å². The third-order valence-corrected chi connectivity index (χ3v) is 6.05. The van der Waals surface area contributed by atoms with Crippen molar-refractivity contribution in [1.29, 1.82) is 0 Å². The SMILES string of the molecule is O=C1CN(S(=O)(=O)c2ccc(O)cc2)C(=O)C(Cc2cc(O)cc(O)c2)CN1. The first kappa shape index (κ1) is 19.5. The molecule has 1 saturated heterocycles. The number of rotatable bonds is 4. The van der Waals surface area contributed by atoms with Crippen molar-refractivity contribution in [3.63, 3.8) is 0 Å². The highest BCUT2D eigenvalue weighted by molar-refractivity contribution is 7.89. The van der Waals surface area contributed by atoms with Gasteiger partial charge < -0.3 is 20.6 Å². The maximum absolute atomic E-state index is 12.9. The number of aromatic hydroxyl groups is 3. The number of hydrogen-bond acceptors (Lipinski definition) is 7. The van der Waals surface area contributed by atoms with Gasteiger partial charge in [0.1, 0.15) is 23.8 Å². The first-order chi connectivity index (χ1) is 13.2. The molecule has 0 saturated carbocycles. The Bertz CT molecular complexity index is 998. The molecule has 148 valence electrons. The third-order valence-electron chi connectivity index (χ3n) is 4.30. The van der Waals surface area contributed by atoms with Crippen LogP contribution in [0.1, 0.15) is 5.56 Å². The predicted molar refractivity (Wildman–Crippen MR) is 97.0 cm³/mol. The predicted octanol–water partition coefficient (Wildman–Crippen LogP) is 0.309. The van der Waals surface area contributed by atoms with Crippen molar-refractivity contribution in [1.82, 2.24) is 9.62 Å². The number of nitrogens with zero attached hydrogens (tertiary/aromatic N) is 1. The molecule has 1 aliphatic rings. The van der Waals surface area contributed by atoms with Crippen LogP contribution in [-0.2, 0) is 26.0 Å². The van der Waals surface area contributed by atoms with E-state index in [2.05, 4.69) is 5.32 Å². The van der Waals surface area contributed by atoms with Gasteiger partial charge in [0.2, 0.25) is 11.8 Å². The molecule has 0 bridgehead atoms. The summed E-state index contributed by atoms with van der Waals surface area (Å²) in [4.78, 5) is 24.7. The summed E-state index contributed by atoms with van der Waals surface area (Å²) in [6.45, 7) is -0.750. The summed E-state index contributed by atoms with van der Waals surface area (Å²) in [5, 5.41) is 31.0. The zero-order chi connectivity index (χ0) is 20.5. The van der Waals surface area contributed by atoms with Gasteiger partial charge in [0, 0.05) is 12.6 Å². The van der Waals surface area contributed by atoms with Gasteiger partial charge in [0.15, 0.2) is 0 Å². The van der Waals surface area contributed by atoms with Crippen LogP contribution in [-0.4, -0.2) is 52.9 Å². The Morgan fingerprint density at radius 3 is 2.18 bits per heavy atom. The lowest BCUT2D eigenvalue weighted by Crippen LogP contribution is -2.42. The van der Waals surface area contributed by atoms with Gasteiger partial charge >= 0.3 is 0 Å². The van der Waals surface area contributed by atoms with Crippen LogP contribution in [0.4, 0.5) is 0 Å². The molecular formula is C18H18N2O7S.